The van der Waals surface area contributed by atoms with E-state index in [1.165, 1.54) is 0 Å². The molecule has 0 aromatic heterocycles. The molecule has 1 aromatic rings. The van der Waals surface area contributed by atoms with Gasteiger partial charge in [0.05, 0.1) is 4.90 Å². The van der Waals surface area contributed by atoms with E-state index in [4.69, 9.17) is 4.84 Å². The summed E-state index contributed by atoms with van der Waals surface area (Å²) in [6.45, 7) is 1.24. The molecular formula is C14H17BrN2O3S. The van der Waals surface area contributed by atoms with Gasteiger partial charge < -0.3 is 0 Å². The van der Waals surface area contributed by atoms with Crippen molar-refractivity contribution in [2.45, 2.75) is 30.3 Å². The summed E-state index contributed by atoms with van der Waals surface area (Å²) in [4.78, 5) is 5.69. The molecule has 1 atom stereocenters. The van der Waals surface area contributed by atoms with Gasteiger partial charge in [-0.25, -0.2) is 8.42 Å². The van der Waals surface area contributed by atoms with E-state index >= 15 is 0 Å². The van der Waals surface area contributed by atoms with Crippen molar-refractivity contribution in [3.8, 4) is 0 Å². The zero-order valence-electron chi connectivity index (χ0n) is 11.5. The SMILES string of the molecule is O=S(=O)(c1ccc(C2C=C(Br)NO2)cc1)N1CCCCC1. The van der Waals surface area contributed by atoms with Gasteiger partial charge in [0, 0.05) is 13.1 Å². The van der Waals surface area contributed by atoms with E-state index in [9.17, 15) is 8.42 Å². The van der Waals surface area contributed by atoms with E-state index in [0.717, 1.165) is 29.4 Å². The molecule has 0 aliphatic carbocycles. The number of piperidine rings is 1. The lowest BCUT2D eigenvalue weighted by molar-refractivity contribution is 0.0457. The van der Waals surface area contributed by atoms with Gasteiger partial charge >= 0.3 is 0 Å². The van der Waals surface area contributed by atoms with Crippen LogP contribution >= 0.6 is 15.9 Å². The van der Waals surface area contributed by atoms with E-state index < -0.39 is 10.0 Å². The lowest BCUT2D eigenvalue weighted by atomic mass is 10.1. The molecule has 0 amide bonds. The fraction of sp³-hybridized carbons (Fsp3) is 0.429. The molecule has 3 rings (SSSR count). The third kappa shape index (κ3) is 3.15. The molecule has 1 aromatic carbocycles. The minimum absolute atomic E-state index is 0.203. The smallest absolute Gasteiger partial charge is 0.243 e. The Morgan fingerprint density at radius 3 is 2.38 bits per heavy atom. The Labute approximate surface area is 133 Å². The van der Waals surface area contributed by atoms with E-state index in [1.807, 2.05) is 6.08 Å². The number of nitrogens with zero attached hydrogens (tertiary/aromatic N) is 1. The number of rotatable bonds is 3. The Bertz CT molecular complexity index is 637. The minimum Gasteiger partial charge on any atom is -0.263 e. The summed E-state index contributed by atoms with van der Waals surface area (Å²) in [5.41, 5.74) is 3.63. The van der Waals surface area contributed by atoms with Gasteiger partial charge in [-0.2, -0.15) is 4.31 Å². The van der Waals surface area contributed by atoms with Gasteiger partial charge in [-0.05, 0) is 52.5 Å². The molecule has 0 radical (unpaired) electrons. The first-order valence-corrected chi connectivity index (χ1v) is 9.20. The standard InChI is InChI=1S/C14H17BrN2O3S/c15-14-10-13(20-16-14)11-4-6-12(7-5-11)21(18,19)17-8-2-1-3-9-17/h4-7,10,13,16H,1-3,8-9H2. The summed E-state index contributed by atoms with van der Waals surface area (Å²) in [6, 6.07) is 6.90. The Hall–Kier alpha value is -0.890. The molecule has 114 valence electrons. The van der Waals surface area contributed by atoms with Gasteiger partial charge in [-0.15, -0.1) is 0 Å². The van der Waals surface area contributed by atoms with Crippen molar-refractivity contribution in [3.05, 3.63) is 40.5 Å². The number of hydrogen-bond donors (Lipinski definition) is 1. The van der Waals surface area contributed by atoms with Crippen molar-refractivity contribution in [2.24, 2.45) is 0 Å². The number of sulfonamides is 1. The topological polar surface area (TPSA) is 58.6 Å². The fourth-order valence-electron chi connectivity index (χ4n) is 2.57. The van der Waals surface area contributed by atoms with Gasteiger partial charge in [0.25, 0.3) is 0 Å². The van der Waals surface area contributed by atoms with Crippen LogP contribution in [0.4, 0.5) is 0 Å². The molecular weight excluding hydrogens is 356 g/mol. The molecule has 5 nitrogen and oxygen atoms in total. The van der Waals surface area contributed by atoms with Crippen LogP contribution < -0.4 is 5.48 Å². The maximum atomic E-state index is 12.5. The van der Waals surface area contributed by atoms with Crippen molar-refractivity contribution >= 4 is 26.0 Å². The van der Waals surface area contributed by atoms with Crippen LogP contribution in [-0.2, 0) is 14.9 Å². The molecule has 1 unspecified atom stereocenters. The summed E-state index contributed by atoms with van der Waals surface area (Å²) in [5, 5.41) is 0. The normalized spacial score (nSPS) is 23.7. The molecule has 2 heterocycles. The molecule has 1 N–H and O–H groups in total. The molecule has 0 spiro atoms. The van der Waals surface area contributed by atoms with Crippen molar-refractivity contribution in [1.29, 1.82) is 0 Å². The molecule has 2 aliphatic heterocycles. The van der Waals surface area contributed by atoms with Crippen LogP contribution in [0.5, 0.6) is 0 Å². The van der Waals surface area contributed by atoms with E-state index in [1.54, 1.807) is 28.6 Å². The molecule has 21 heavy (non-hydrogen) atoms. The van der Waals surface area contributed by atoms with E-state index in [-0.39, 0.29) is 6.10 Å². The minimum atomic E-state index is -3.36. The van der Waals surface area contributed by atoms with Crippen LogP contribution in [0.25, 0.3) is 0 Å². The first-order chi connectivity index (χ1) is 10.1. The molecule has 0 bridgehead atoms. The zero-order chi connectivity index (χ0) is 14.9. The molecule has 1 fully saturated rings. The van der Waals surface area contributed by atoms with Crippen molar-refractivity contribution < 1.29 is 13.3 Å². The van der Waals surface area contributed by atoms with Gasteiger partial charge in [0.1, 0.15) is 10.7 Å². The number of nitrogens with one attached hydrogen (secondary N) is 1. The second kappa shape index (κ2) is 6.08. The number of hydrogen-bond acceptors (Lipinski definition) is 4. The third-order valence-corrected chi connectivity index (χ3v) is 6.08. The maximum absolute atomic E-state index is 12.5. The Morgan fingerprint density at radius 2 is 1.81 bits per heavy atom. The first-order valence-electron chi connectivity index (χ1n) is 6.96. The van der Waals surface area contributed by atoms with Crippen LogP contribution in [0.1, 0.15) is 30.9 Å². The quantitative estimate of drug-likeness (QED) is 0.828. The van der Waals surface area contributed by atoms with Crippen LogP contribution in [0.15, 0.2) is 39.8 Å². The summed E-state index contributed by atoms with van der Waals surface area (Å²) >= 11 is 3.30. The van der Waals surface area contributed by atoms with Gasteiger partial charge in [-0.3, -0.25) is 10.3 Å². The van der Waals surface area contributed by atoms with E-state index in [2.05, 4.69) is 21.4 Å². The highest BCUT2D eigenvalue weighted by Gasteiger charge is 2.26. The highest BCUT2D eigenvalue weighted by atomic mass is 79.9. The van der Waals surface area contributed by atoms with Gasteiger partial charge in [-0.1, -0.05) is 18.6 Å². The highest BCUT2D eigenvalue weighted by molar-refractivity contribution is 9.11. The second-order valence-electron chi connectivity index (χ2n) is 5.19. The predicted molar refractivity (Wildman–Crippen MR) is 83.0 cm³/mol. The second-order valence-corrected chi connectivity index (χ2v) is 7.98. The number of halogens is 1. The lowest BCUT2D eigenvalue weighted by Gasteiger charge is -2.26. The van der Waals surface area contributed by atoms with Crippen molar-refractivity contribution in [3.63, 3.8) is 0 Å². The Morgan fingerprint density at radius 1 is 1.14 bits per heavy atom. The average molecular weight is 373 g/mol. The average Bonchev–Trinajstić information content (AvgIpc) is 2.95. The fourth-order valence-corrected chi connectivity index (χ4v) is 4.42. The van der Waals surface area contributed by atoms with Crippen LogP contribution in [-0.4, -0.2) is 25.8 Å². The van der Waals surface area contributed by atoms with Crippen LogP contribution in [0.3, 0.4) is 0 Å². The van der Waals surface area contributed by atoms with E-state index in [0.29, 0.717) is 18.0 Å². The Kier molecular flexibility index (Phi) is 4.35. The van der Waals surface area contributed by atoms with Crippen LogP contribution in [0, 0.1) is 0 Å². The maximum Gasteiger partial charge on any atom is 0.243 e. The van der Waals surface area contributed by atoms with Gasteiger partial charge in [0.15, 0.2) is 0 Å². The molecule has 7 heteroatoms. The summed E-state index contributed by atoms with van der Waals surface area (Å²) in [7, 11) is -3.36. The third-order valence-electron chi connectivity index (χ3n) is 3.74. The molecule has 0 saturated carbocycles. The monoisotopic (exact) mass is 372 g/mol. The molecule has 1 saturated heterocycles. The lowest BCUT2D eigenvalue weighted by Crippen LogP contribution is -2.35. The molecule has 2 aliphatic rings. The zero-order valence-corrected chi connectivity index (χ0v) is 13.9. The largest absolute Gasteiger partial charge is 0.263 e. The van der Waals surface area contributed by atoms with Gasteiger partial charge in [0.2, 0.25) is 10.0 Å². The summed E-state index contributed by atoms with van der Waals surface area (Å²) in [6.07, 6.45) is 4.67. The summed E-state index contributed by atoms with van der Waals surface area (Å²) < 4.78 is 27.4. The first kappa shape index (κ1) is 15.0. The predicted octanol–water partition coefficient (Wildman–Crippen LogP) is 2.67. The van der Waals surface area contributed by atoms with Crippen molar-refractivity contribution in [2.75, 3.05) is 13.1 Å². The highest BCUT2D eigenvalue weighted by Crippen LogP contribution is 2.28. The Balaban J connectivity index is 1.80. The number of benzene rings is 1. The van der Waals surface area contributed by atoms with Crippen molar-refractivity contribution in [1.82, 2.24) is 9.79 Å². The summed E-state index contributed by atoms with van der Waals surface area (Å²) in [5.74, 6) is 0. The van der Waals surface area contributed by atoms with Crippen LogP contribution in [0.2, 0.25) is 0 Å². The number of hydroxylamine groups is 1.